The number of halogens is 1. The van der Waals surface area contributed by atoms with Crippen LogP contribution in [0.3, 0.4) is 0 Å². The Labute approximate surface area is 160 Å². The molecule has 3 rings (SSSR count). The summed E-state index contributed by atoms with van der Waals surface area (Å²) >= 11 is 1.25. The number of ether oxygens (including phenoxy) is 1. The normalized spacial score (nSPS) is 10.8. The van der Waals surface area contributed by atoms with E-state index < -0.39 is 0 Å². The van der Waals surface area contributed by atoms with Gasteiger partial charge in [0, 0.05) is 18.5 Å². The predicted molar refractivity (Wildman–Crippen MR) is 103 cm³/mol. The maximum absolute atomic E-state index is 13.6. The largest absolute Gasteiger partial charge is 0.377 e. The first-order valence-electron chi connectivity index (χ1n) is 8.26. The van der Waals surface area contributed by atoms with Crippen molar-refractivity contribution in [2.24, 2.45) is 0 Å². The quantitative estimate of drug-likeness (QED) is 0.629. The summed E-state index contributed by atoms with van der Waals surface area (Å²) in [5, 5.41) is 11.6. The summed E-state index contributed by atoms with van der Waals surface area (Å²) in [5.74, 6) is 0.160. The molecule has 6 nitrogen and oxygen atoms in total. The molecule has 0 unspecified atom stereocenters. The predicted octanol–water partition coefficient (Wildman–Crippen LogP) is 3.59. The molecule has 140 valence electrons. The van der Waals surface area contributed by atoms with E-state index in [9.17, 15) is 9.18 Å². The molecule has 0 saturated carbocycles. The summed E-state index contributed by atoms with van der Waals surface area (Å²) in [7, 11) is 1.59. The Balaban J connectivity index is 1.72. The van der Waals surface area contributed by atoms with Crippen molar-refractivity contribution < 1.29 is 13.9 Å². The number of methoxy groups -OCH3 is 1. The van der Waals surface area contributed by atoms with E-state index in [4.69, 9.17) is 4.74 Å². The van der Waals surface area contributed by atoms with E-state index in [1.165, 1.54) is 17.8 Å². The fourth-order valence-electron chi connectivity index (χ4n) is 2.45. The number of carbonyl (C=O) groups is 1. The second kappa shape index (κ2) is 8.79. The van der Waals surface area contributed by atoms with Gasteiger partial charge in [0.2, 0.25) is 5.91 Å². The van der Waals surface area contributed by atoms with Crippen LogP contribution < -0.4 is 5.32 Å². The highest BCUT2D eigenvalue weighted by atomic mass is 32.2. The van der Waals surface area contributed by atoms with E-state index in [1.54, 1.807) is 26.2 Å². The van der Waals surface area contributed by atoms with Gasteiger partial charge in [-0.3, -0.25) is 9.36 Å². The Morgan fingerprint density at radius 2 is 2.00 bits per heavy atom. The lowest BCUT2D eigenvalue weighted by Gasteiger charge is -2.10. The zero-order valence-corrected chi connectivity index (χ0v) is 15.8. The van der Waals surface area contributed by atoms with Gasteiger partial charge in [-0.2, -0.15) is 0 Å². The third-order valence-electron chi connectivity index (χ3n) is 3.78. The van der Waals surface area contributed by atoms with Crippen LogP contribution in [0, 0.1) is 12.7 Å². The first-order chi connectivity index (χ1) is 13.1. The number of aromatic nitrogens is 3. The molecule has 1 aromatic heterocycles. The molecule has 0 saturated heterocycles. The Morgan fingerprint density at radius 3 is 2.70 bits per heavy atom. The second-order valence-corrected chi connectivity index (χ2v) is 6.75. The zero-order chi connectivity index (χ0) is 19.2. The van der Waals surface area contributed by atoms with Crippen molar-refractivity contribution in [2.45, 2.75) is 18.7 Å². The molecule has 0 radical (unpaired) electrons. The van der Waals surface area contributed by atoms with Crippen molar-refractivity contribution in [1.82, 2.24) is 14.8 Å². The topological polar surface area (TPSA) is 69.0 Å². The number of carbonyl (C=O) groups excluding carboxylic acids is 1. The molecule has 0 atom stereocenters. The van der Waals surface area contributed by atoms with Crippen LogP contribution in [0.25, 0.3) is 5.69 Å². The van der Waals surface area contributed by atoms with Gasteiger partial charge in [0.05, 0.1) is 5.75 Å². The maximum atomic E-state index is 13.6. The molecule has 8 heteroatoms. The second-order valence-electron chi connectivity index (χ2n) is 5.80. The molecule has 2 aromatic carbocycles. The van der Waals surface area contributed by atoms with Gasteiger partial charge in [0.1, 0.15) is 12.4 Å². The number of benzene rings is 2. The fraction of sp³-hybridized carbons (Fsp3) is 0.211. The minimum Gasteiger partial charge on any atom is -0.377 e. The van der Waals surface area contributed by atoms with E-state index in [0.29, 0.717) is 28.8 Å². The van der Waals surface area contributed by atoms with Crippen LogP contribution in [0.1, 0.15) is 11.4 Å². The number of anilines is 1. The average Bonchev–Trinajstić information content (AvgIpc) is 3.07. The van der Waals surface area contributed by atoms with Crippen LogP contribution in [0.5, 0.6) is 0 Å². The molecular formula is C19H19FN4O2S. The highest BCUT2D eigenvalue weighted by Crippen LogP contribution is 2.23. The lowest BCUT2D eigenvalue weighted by atomic mass is 10.2. The number of nitrogens with zero attached hydrogens (tertiary/aromatic N) is 3. The van der Waals surface area contributed by atoms with Gasteiger partial charge < -0.3 is 10.1 Å². The molecule has 0 spiro atoms. The number of thioether (sulfide) groups is 1. The van der Waals surface area contributed by atoms with Gasteiger partial charge in [0.25, 0.3) is 0 Å². The highest BCUT2D eigenvalue weighted by Gasteiger charge is 2.16. The summed E-state index contributed by atoms with van der Waals surface area (Å²) < 4.78 is 20.6. The average molecular weight is 386 g/mol. The fourth-order valence-corrected chi connectivity index (χ4v) is 3.22. The minimum absolute atomic E-state index is 0.118. The van der Waals surface area contributed by atoms with Crippen molar-refractivity contribution in [1.29, 1.82) is 0 Å². The van der Waals surface area contributed by atoms with Crippen molar-refractivity contribution in [2.75, 3.05) is 18.2 Å². The van der Waals surface area contributed by atoms with E-state index in [2.05, 4.69) is 15.5 Å². The number of hydrogen-bond donors (Lipinski definition) is 1. The van der Waals surface area contributed by atoms with Gasteiger partial charge in [-0.1, -0.05) is 36.0 Å². The van der Waals surface area contributed by atoms with E-state index >= 15 is 0 Å². The first-order valence-corrected chi connectivity index (χ1v) is 9.24. The molecule has 0 fully saturated rings. The summed E-state index contributed by atoms with van der Waals surface area (Å²) in [5.41, 5.74) is 1.84. The minimum atomic E-state index is -0.353. The molecule has 0 aliphatic carbocycles. The van der Waals surface area contributed by atoms with E-state index in [0.717, 1.165) is 5.69 Å². The number of rotatable bonds is 7. The van der Waals surface area contributed by atoms with Gasteiger partial charge >= 0.3 is 0 Å². The number of amides is 1. The number of para-hydroxylation sites is 1. The summed E-state index contributed by atoms with van der Waals surface area (Å²) in [6, 6.07) is 14.2. The molecule has 1 N–H and O–H groups in total. The van der Waals surface area contributed by atoms with Crippen molar-refractivity contribution >= 4 is 23.4 Å². The lowest BCUT2D eigenvalue weighted by Crippen LogP contribution is -2.15. The zero-order valence-electron chi connectivity index (χ0n) is 15.0. The monoisotopic (exact) mass is 386 g/mol. The molecule has 1 heterocycles. The lowest BCUT2D eigenvalue weighted by molar-refractivity contribution is -0.113. The summed E-state index contributed by atoms with van der Waals surface area (Å²) in [6.07, 6.45) is 0. The summed E-state index contributed by atoms with van der Waals surface area (Å²) in [4.78, 5) is 12.2. The molecule has 3 aromatic rings. The Kier molecular flexibility index (Phi) is 6.20. The SMILES string of the molecule is COCc1nnc(SCC(=O)Nc2ccc(C)c(F)c2)n1-c1ccccc1. The molecule has 0 aliphatic rings. The maximum Gasteiger partial charge on any atom is 0.234 e. The van der Waals surface area contributed by atoms with E-state index in [1.807, 2.05) is 34.9 Å². The van der Waals surface area contributed by atoms with Gasteiger partial charge in [0.15, 0.2) is 11.0 Å². The summed E-state index contributed by atoms with van der Waals surface area (Å²) in [6.45, 7) is 1.97. The van der Waals surface area contributed by atoms with Crippen LogP contribution in [-0.2, 0) is 16.1 Å². The van der Waals surface area contributed by atoms with Gasteiger partial charge in [-0.15, -0.1) is 10.2 Å². The molecule has 27 heavy (non-hydrogen) atoms. The van der Waals surface area contributed by atoms with Crippen molar-refractivity contribution in [3.05, 3.63) is 65.7 Å². The van der Waals surface area contributed by atoms with Crippen LogP contribution in [0.4, 0.5) is 10.1 Å². The van der Waals surface area contributed by atoms with E-state index in [-0.39, 0.29) is 17.5 Å². The molecule has 1 amide bonds. The van der Waals surface area contributed by atoms with Gasteiger partial charge in [-0.05, 0) is 36.8 Å². The van der Waals surface area contributed by atoms with Crippen LogP contribution in [0.15, 0.2) is 53.7 Å². The van der Waals surface area contributed by atoms with Crippen molar-refractivity contribution in [3.63, 3.8) is 0 Å². The standard InChI is InChI=1S/C19H19FN4O2S/c1-13-8-9-14(10-16(13)20)21-18(25)12-27-19-23-22-17(11-26-2)24(19)15-6-4-3-5-7-15/h3-10H,11-12H2,1-2H3,(H,21,25). The van der Waals surface area contributed by atoms with Crippen LogP contribution >= 0.6 is 11.8 Å². The molecule has 0 bridgehead atoms. The van der Waals surface area contributed by atoms with Crippen molar-refractivity contribution in [3.8, 4) is 5.69 Å². The molecular weight excluding hydrogens is 367 g/mol. The number of hydrogen-bond acceptors (Lipinski definition) is 5. The van der Waals surface area contributed by atoms with Crippen LogP contribution in [-0.4, -0.2) is 33.5 Å². The Hall–Kier alpha value is -2.71. The Bertz CT molecular complexity index is 931. The third kappa shape index (κ3) is 4.72. The van der Waals surface area contributed by atoms with Gasteiger partial charge in [-0.25, -0.2) is 4.39 Å². The smallest absolute Gasteiger partial charge is 0.234 e. The Morgan fingerprint density at radius 1 is 1.22 bits per heavy atom. The first kappa shape index (κ1) is 19.1. The van der Waals surface area contributed by atoms with Crippen LogP contribution in [0.2, 0.25) is 0 Å². The number of aryl methyl sites for hydroxylation is 1. The number of nitrogens with one attached hydrogen (secondary N) is 1. The molecule has 0 aliphatic heterocycles. The highest BCUT2D eigenvalue weighted by molar-refractivity contribution is 7.99. The third-order valence-corrected chi connectivity index (χ3v) is 4.71.